The molecule has 0 amide bonds. The summed E-state index contributed by atoms with van der Waals surface area (Å²) in [6.07, 6.45) is 0.00650. The van der Waals surface area contributed by atoms with E-state index in [1.807, 2.05) is 30.9 Å². The maximum Gasteiger partial charge on any atom is 0.304 e. The van der Waals surface area contributed by atoms with Gasteiger partial charge in [0.05, 0.1) is 23.1 Å². The first-order valence-electron chi connectivity index (χ1n) is 6.66. The Hall–Kier alpha value is -1.40. The van der Waals surface area contributed by atoms with Gasteiger partial charge in [-0.2, -0.15) is 0 Å². The van der Waals surface area contributed by atoms with Crippen LogP contribution in [0, 0.1) is 0 Å². The molecule has 0 aliphatic carbocycles. The molecule has 6 heteroatoms. The van der Waals surface area contributed by atoms with E-state index in [2.05, 4.69) is 0 Å². The summed E-state index contributed by atoms with van der Waals surface area (Å²) in [5, 5.41) is 8.92. The predicted octanol–water partition coefficient (Wildman–Crippen LogP) is 1.70. The van der Waals surface area contributed by atoms with E-state index in [4.69, 9.17) is 5.11 Å². The summed E-state index contributed by atoms with van der Waals surface area (Å²) in [5.74, 6) is -0.838. The fourth-order valence-electron chi connectivity index (χ4n) is 2.91. The zero-order valence-electron chi connectivity index (χ0n) is 11.6. The molecule has 1 aromatic carbocycles. The van der Waals surface area contributed by atoms with Gasteiger partial charge in [0.1, 0.15) is 0 Å². The molecule has 1 heterocycles. The van der Waals surface area contributed by atoms with Gasteiger partial charge >= 0.3 is 5.97 Å². The number of hydrogen-bond donors (Lipinski definition) is 1. The minimum absolute atomic E-state index is 0.00650. The Morgan fingerprint density at radius 1 is 1.45 bits per heavy atom. The molecule has 0 fully saturated rings. The van der Waals surface area contributed by atoms with Crippen molar-refractivity contribution in [3.8, 4) is 0 Å². The van der Waals surface area contributed by atoms with E-state index < -0.39 is 15.8 Å². The molecule has 0 saturated carbocycles. The Kier molecular flexibility index (Phi) is 4.15. The van der Waals surface area contributed by atoms with Crippen LogP contribution in [0.3, 0.4) is 0 Å². The molecule has 2 rings (SSSR count). The van der Waals surface area contributed by atoms with Gasteiger partial charge in [-0.15, -0.1) is 0 Å². The molecule has 20 heavy (non-hydrogen) atoms. The van der Waals surface area contributed by atoms with Crippen LogP contribution in [0.2, 0.25) is 0 Å². The molecule has 2 atom stereocenters. The number of sulfone groups is 1. The number of hydrogen-bond acceptors (Lipinski definition) is 4. The second kappa shape index (κ2) is 5.54. The van der Waals surface area contributed by atoms with Crippen molar-refractivity contribution in [2.75, 3.05) is 12.3 Å². The summed E-state index contributed by atoms with van der Waals surface area (Å²) in [4.78, 5) is 13.2. The Morgan fingerprint density at radius 2 is 2.10 bits per heavy atom. The third-order valence-corrected chi connectivity index (χ3v) is 5.59. The van der Waals surface area contributed by atoms with Crippen molar-refractivity contribution in [2.24, 2.45) is 0 Å². The number of benzene rings is 1. The second-order valence-corrected chi connectivity index (χ2v) is 7.12. The molecule has 0 spiro atoms. The molecule has 1 aliphatic heterocycles. The van der Waals surface area contributed by atoms with E-state index in [1.54, 1.807) is 12.1 Å². The van der Waals surface area contributed by atoms with Crippen LogP contribution in [0.25, 0.3) is 0 Å². The van der Waals surface area contributed by atoms with Crippen molar-refractivity contribution >= 4 is 15.8 Å². The van der Waals surface area contributed by atoms with E-state index in [-0.39, 0.29) is 24.3 Å². The topological polar surface area (TPSA) is 74.7 Å². The van der Waals surface area contributed by atoms with E-state index in [0.717, 1.165) is 5.56 Å². The lowest BCUT2D eigenvalue weighted by atomic mass is 10.0. The molecule has 1 aliphatic rings. The van der Waals surface area contributed by atoms with Crippen LogP contribution in [0.1, 0.15) is 31.9 Å². The van der Waals surface area contributed by atoms with Crippen LogP contribution in [0.4, 0.5) is 0 Å². The van der Waals surface area contributed by atoms with Gasteiger partial charge in [-0.3, -0.25) is 9.69 Å². The Morgan fingerprint density at radius 3 is 2.70 bits per heavy atom. The van der Waals surface area contributed by atoms with Crippen LogP contribution >= 0.6 is 0 Å². The normalized spacial score (nSPS) is 21.6. The smallest absolute Gasteiger partial charge is 0.304 e. The standard InChI is InChI=1S/C14H19NO4S/c1-3-15(10(2)8-14(16)17)12-9-20(18,19)13-7-5-4-6-11(12)13/h4-7,10,12H,3,8-9H2,1-2H3,(H,16,17). The van der Waals surface area contributed by atoms with Gasteiger partial charge in [-0.1, -0.05) is 25.1 Å². The maximum absolute atomic E-state index is 12.2. The Balaban J connectivity index is 2.36. The number of nitrogens with zero attached hydrogens (tertiary/aromatic N) is 1. The van der Waals surface area contributed by atoms with Gasteiger partial charge in [0.2, 0.25) is 0 Å². The molecule has 0 bridgehead atoms. The number of fused-ring (bicyclic) bond motifs is 1. The molecule has 0 aromatic heterocycles. The first-order chi connectivity index (χ1) is 9.36. The van der Waals surface area contributed by atoms with Gasteiger partial charge < -0.3 is 5.11 Å². The predicted molar refractivity (Wildman–Crippen MR) is 75.3 cm³/mol. The summed E-state index contributed by atoms with van der Waals surface area (Å²) >= 11 is 0. The highest BCUT2D eigenvalue weighted by Crippen LogP contribution is 2.38. The Bertz CT molecular complexity index is 611. The fourth-order valence-corrected chi connectivity index (χ4v) is 4.73. The zero-order chi connectivity index (χ0) is 14.9. The monoisotopic (exact) mass is 297 g/mol. The lowest BCUT2D eigenvalue weighted by Crippen LogP contribution is -2.38. The molecule has 0 saturated heterocycles. The number of carboxylic acid groups (broad SMARTS) is 1. The minimum atomic E-state index is -3.26. The van der Waals surface area contributed by atoms with Crippen molar-refractivity contribution in [1.82, 2.24) is 4.90 Å². The van der Waals surface area contributed by atoms with Crippen molar-refractivity contribution < 1.29 is 18.3 Å². The van der Waals surface area contributed by atoms with Crippen LogP contribution in [0.5, 0.6) is 0 Å². The minimum Gasteiger partial charge on any atom is -0.481 e. The van der Waals surface area contributed by atoms with Crippen LogP contribution in [-0.4, -0.2) is 42.7 Å². The number of aliphatic carboxylic acids is 1. The van der Waals surface area contributed by atoms with Gasteiger partial charge in [0.25, 0.3) is 0 Å². The lowest BCUT2D eigenvalue weighted by Gasteiger charge is -2.32. The SMILES string of the molecule is CCN(C(C)CC(=O)O)C1CS(=O)(=O)c2ccccc21. The summed E-state index contributed by atoms with van der Waals surface area (Å²) in [6.45, 7) is 4.36. The quantitative estimate of drug-likeness (QED) is 0.895. The summed E-state index contributed by atoms with van der Waals surface area (Å²) in [6, 6.07) is 6.53. The summed E-state index contributed by atoms with van der Waals surface area (Å²) in [7, 11) is -3.26. The molecular weight excluding hydrogens is 278 g/mol. The second-order valence-electron chi connectivity index (χ2n) is 5.11. The molecule has 1 N–H and O–H groups in total. The maximum atomic E-state index is 12.2. The van der Waals surface area contributed by atoms with Crippen LogP contribution in [0.15, 0.2) is 29.2 Å². The molecular formula is C14H19NO4S. The van der Waals surface area contributed by atoms with Crippen molar-refractivity contribution in [3.63, 3.8) is 0 Å². The van der Waals surface area contributed by atoms with E-state index >= 15 is 0 Å². The van der Waals surface area contributed by atoms with E-state index in [9.17, 15) is 13.2 Å². The average molecular weight is 297 g/mol. The molecule has 5 nitrogen and oxygen atoms in total. The third-order valence-electron chi connectivity index (χ3n) is 3.79. The molecule has 2 unspecified atom stereocenters. The highest BCUT2D eigenvalue weighted by atomic mass is 32.2. The summed E-state index contributed by atoms with van der Waals surface area (Å²) < 4.78 is 24.4. The summed E-state index contributed by atoms with van der Waals surface area (Å²) in [5.41, 5.74) is 0.784. The van der Waals surface area contributed by atoms with Crippen LogP contribution in [-0.2, 0) is 14.6 Å². The molecule has 1 aromatic rings. The molecule has 110 valence electrons. The van der Waals surface area contributed by atoms with Gasteiger partial charge in [-0.25, -0.2) is 8.42 Å². The first kappa shape index (κ1) is 15.0. The largest absolute Gasteiger partial charge is 0.481 e. The third kappa shape index (κ3) is 2.71. The highest BCUT2D eigenvalue weighted by molar-refractivity contribution is 7.91. The van der Waals surface area contributed by atoms with Crippen molar-refractivity contribution in [1.29, 1.82) is 0 Å². The number of rotatable bonds is 5. The zero-order valence-corrected chi connectivity index (χ0v) is 12.4. The molecule has 0 radical (unpaired) electrons. The first-order valence-corrected chi connectivity index (χ1v) is 8.31. The Labute approximate surface area is 119 Å². The van der Waals surface area contributed by atoms with Gasteiger partial charge in [0, 0.05) is 6.04 Å². The van der Waals surface area contributed by atoms with Gasteiger partial charge in [-0.05, 0) is 25.1 Å². The van der Waals surface area contributed by atoms with E-state index in [1.165, 1.54) is 0 Å². The lowest BCUT2D eigenvalue weighted by molar-refractivity contribution is -0.138. The highest BCUT2D eigenvalue weighted by Gasteiger charge is 2.38. The number of carbonyl (C=O) groups is 1. The van der Waals surface area contributed by atoms with Crippen LogP contribution < -0.4 is 0 Å². The van der Waals surface area contributed by atoms with Gasteiger partial charge in [0.15, 0.2) is 9.84 Å². The fraction of sp³-hybridized carbons (Fsp3) is 0.500. The van der Waals surface area contributed by atoms with Crippen molar-refractivity contribution in [2.45, 2.75) is 37.2 Å². The van der Waals surface area contributed by atoms with Crippen molar-refractivity contribution in [3.05, 3.63) is 29.8 Å². The number of carboxylic acids is 1. The average Bonchev–Trinajstić information content (AvgIpc) is 2.62. The van der Waals surface area contributed by atoms with E-state index in [0.29, 0.717) is 11.4 Å².